The lowest BCUT2D eigenvalue weighted by molar-refractivity contribution is 0.0925. The molecule has 0 radical (unpaired) electrons. The zero-order valence-electron chi connectivity index (χ0n) is 10.5. The van der Waals surface area contributed by atoms with E-state index >= 15 is 0 Å². The predicted molar refractivity (Wildman–Crippen MR) is 72.5 cm³/mol. The van der Waals surface area contributed by atoms with Crippen LogP contribution in [0.2, 0.25) is 0 Å². The van der Waals surface area contributed by atoms with Gasteiger partial charge in [-0.3, -0.25) is 4.90 Å². The summed E-state index contributed by atoms with van der Waals surface area (Å²) in [7, 11) is 1.92. The molecule has 0 atom stereocenters. The quantitative estimate of drug-likeness (QED) is 0.719. The van der Waals surface area contributed by atoms with E-state index in [1.807, 2.05) is 11.9 Å². The molecule has 0 aliphatic heterocycles. The number of rotatable bonds is 7. The van der Waals surface area contributed by atoms with Gasteiger partial charge >= 0.3 is 0 Å². The van der Waals surface area contributed by atoms with Gasteiger partial charge in [-0.25, -0.2) is 0 Å². The normalized spacial score (nSPS) is 11.4. The van der Waals surface area contributed by atoms with Gasteiger partial charge in [0, 0.05) is 11.4 Å². The Morgan fingerprint density at radius 2 is 1.76 bits per heavy atom. The highest BCUT2D eigenvalue weighted by molar-refractivity contribution is 7.98. The van der Waals surface area contributed by atoms with E-state index in [2.05, 4.69) is 30.5 Å². The van der Waals surface area contributed by atoms with Gasteiger partial charge in [-0.1, -0.05) is 12.1 Å². The molecule has 0 aliphatic rings. The summed E-state index contributed by atoms with van der Waals surface area (Å²) in [6, 6.07) is 8.35. The number of aliphatic hydroxyl groups excluding tert-OH is 2. The first-order valence-corrected chi connectivity index (χ1v) is 6.98. The fraction of sp³-hybridized carbons (Fsp3) is 0.538. The number of nitrogens with zero attached hydrogens (tertiary/aromatic N) is 1. The summed E-state index contributed by atoms with van der Waals surface area (Å²) in [6.07, 6.45) is 3.00. The van der Waals surface area contributed by atoms with E-state index in [-0.39, 0.29) is 19.3 Å². The Morgan fingerprint density at radius 3 is 2.24 bits per heavy atom. The van der Waals surface area contributed by atoms with Crippen molar-refractivity contribution in [1.29, 1.82) is 0 Å². The van der Waals surface area contributed by atoms with E-state index in [0.717, 1.165) is 13.0 Å². The number of aliphatic hydroxyl groups is 2. The van der Waals surface area contributed by atoms with Gasteiger partial charge in [0.05, 0.1) is 19.3 Å². The molecule has 0 amide bonds. The van der Waals surface area contributed by atoms with E-state index in [4.69, 9.17) is 10.2 Å². The average molecular weight is 255 g/mol. The highest BCUT2D eigenvalue weighted by Gasteiger charge is 2.11. The first-order valence-electron chi connectivity index (χ1n) is 5.76. The Hall–Kier alpha value is -0.550. The van der Waals surface area contributed by atoms with Crippen LogP contribution >= 0.6 is 11.8 Å². The molecule has 0 bridgehead atoms. The van der Waals surface area contributed by atoms with Crippen molar-refractivity contribution >= 4 is 11.8 Å². The Bertz CT molecular complexity index is 312. The second-order valence-electron chi connectivity index (χ2n) is 4.10. The fourth-order valence-electron chi connectivity index (χ4n) is 1.62. The van der Waals surface area contributed by atoms with Crippen LogP contribution in [0, 0.1) is 0 Å². The van der Waals surface area contributed by atoms with Crippen molar-refractivity contribution in [2.45, 2.75) is 17.4 Å². The Labute approximate surface area is 107 Å². The molecule has 0 saturated heterocycles. The van der Waals surface area contributed by atoms with Gasteiger partial charge in [0.2, 0.25) is 0 Å². The van der Waals surface area contributed by atoms with Crippen LogP contribution in [0.25, 0.3) is 0 Å². The largest absolute Gasteiger partial charge is 0.395 e. The maximum atomic E-state index is 9.06. The topological polar surface area (TPSA) is 43.7 Å². The second-order valence-corrected chi connectivity index (χ2v) is 4.98. The van der Waals surface area contributed by atoms with Gasteiger partial charge in [-0.05, 0) is 37.4 Å². The van der Waals surface area contributed by atoms with Crippen LogP contribution in [0.15, 0.2) is 29.2 Å². The number of benzene rings is 1. The zero-order chi connectivity index (χ0) is 12.7. The molecule has 17 heavy (non-hydrogen) atoms. The molecule has 0 unspecified atom stereocenters. The lowest BCUT2D eigenvalue weighted by Gasteiger charge is -2.24. The zero-order valence-corrected chi connectivity index (χ0v) is 11.3. The van der Waals surface area contributed by atoms with Gasteiger partial charge in [0.1, 0.15) is 0 Å². The molecule has 2 N–H and O–H groups in total. The first kappa shape index (κ1) is 14.5. The molecule has 0 fully saturated rings. The van der Waals surface area contributed by atoms with E-state index < -0.39 is 0 Å². The number of hydrogen-bond acceptors (Lipinski definition) is 4. The average Bonchev–Trinajstić information content (AvgIpc) is 2.38. The Balaban J connectivity index is 2.43. The summed E-state index contributed by atoms with van der Waals surface area (Å²) >= 11 is 1.74. The highest BCUT2D eigenvalue weighted by atomic mass is 32.2. The lowest BCUT2D eigenvalue weighted by atomic mass is 10.1. The van der Waals surface area contributed by atoms with E-state index in [1.54, 1.807) is 11.8 Å². The van der Waals surface area contributed by atoms with Gasteiger partial charge in [0.25, 0.3) is 0 Å². The maximum absolute atomic E-state index is 9.06. The third kappa shape index (κ3) is 4.68. The van der Waals surface area contributed by atoms with Crippen molar-refractivity contribution in [3.8, 4) is 0 Å². The minimum absolute atomic E-state index is 0.00157. The molecule has 1 aromatic rings. The van der Waals surface area contributed by atoms with E-state index in [0.29, 0.717) is 0 Å². The molecule has 1 rings (SSSR count). The third-order valence-corrected chi connectivity index (χ3v) is 3.70. The predicted octanol–water partition coefficient (Wildman–Crippen LogP) is 1.24. The minimum atomic E-state index is -0.152. The number of likely N-dealkylation sites (N-methyl/N-ethyl adjacent to an activating group) is 1. The SMILES string of the molecule is CSc1ccc(CCN(C)C(CO)CO)cc1. The van der Waals surface area contributed by atoms with Crippen LogP contribution in [0.5, 0.6) is 0 Å². The van der Waals surface area contributed by atoms with Crippen molar-refractivity contribution in [2.24, 2.45) is 0 Å². The molecule has 0 heterocycles. The lowest BCUT2D eigenvalue weighted by Crippen LogP contribution is -2.38. The summed E-state index contributed by atoms with van der Waals surface area (Å²) < 4.78 is 0. The molecule has 1 aromatic carbocycles. The van der Waals surface area contributed by atoms with Gasteiger partial charge in [0.15, 0.2) is 0 Å². The molecule has 0 spiro atoms. The molecular formula is C13H21NO2S. The second kappa shape index (κ2) is 7.71. The monoisotopic (exact) mass is 255 g/mol. The van der Waals surface area contributed by atoms with Crippen molar-refractivity contribution in [3.05, 3.63) is 29.8 Å². The highest BCUT2D eigenvalue weighted by Crippen LogP contribution is 2.15. The van der Waals surface area contributed by atoms with Crippen LogP contribution in [-0.2, 0) is 6.42 Å². The smallest absolute Gasteiger partial charge is 0.0609 e. The van der Waals surface area contributed by atoms with Crippen LogP contribution < -0.4 is 0 Å². The summed E-state index contributed by atoms with van der Waals surface area (Å²) in [5.41, 5.74) is 1.28. The molecule has 4 heteroatoms. The summed E-state index contributed by atoms with van der Waals surface area (Å²) in [4.78, 5) is 3.26. The molecule has 0 saturated carbocycles. The summed E-state index contributed by atoms with van der Waals surface area (Å²) in [6.45, 7) is 0.835. The number of thioether (sulfide) groups is 1. The van der Waals surface area contributed by atoms with Crippen molar-refractivity contribution < 1.29 is 10.2 Å². The molecule has 0 aliphatic carbocycles. The standard InChI is InChI=1S/C13H21NO2S/c1-14(12(9-15)10-16)8-7-11-3-5-13(17-2)6-4-11/h3-6,12,15-16H,7-10H2,1-2H3. The van der Waals surface area contributed by atoms with Crippen LogP contribution in [0.3, 0.4) is 0 Å². The molecular weight excluding hydrogens is 234 g/mol. The first-order chi connectivity index (χ1) is 8.21. The molecule has 96 valence electrons. The number of hydrogen-bond donors (Lipinski definition) is 2. The fourth-order valence-corrected chi connectivity index (χ4v) is 2.02. The van der Waals surface area contributed by atoms with Gasteiger partial charge in [-0.15, -0.1) is 11.8 Å². The Kier molecular flexibility index (Phi) is 6.58. The maximum Gasteiger partial charge on any atom is 0.0609 e. The van der Waals surface area contributed by atoms with Crippen LogP contribution in [-0.4, -0.2) is 54.2 Å². The van der Waals surface area contributed by atoms with Crippen LogP contribution in [0.1, 0.15) is 5.56 Å². The Morgan fingerprint density at radius 1 is 1.18 bits per heavy atom. The minimum Gasteiger partial charge on any atom is -0.395 e. The summed E-state index contributed by atoms with van der Waals surface area (Å²) in [5, 5.41) is 18.1. The van der Waals surface area contributed by atoms with Crippen molar-refractivity contribution in [2.75, 3.05) is 33.1 Å². The van der Waals surface area contributed by atoms with E-state index in [9.17, 15) is 0 Å². The summed E-state index contributed by atoms with van der Waals surface area (Å²) in [5.74, 6) is 0. The van der Waals surface area contributed by atoms with Crippen molar-refractivity contribution in [3.63, 3.8) is 0 Å². The van der Waals surface area contributed by atoms with E-state index in [1.165, 1.54) is 10.5 Å². The molecule has 3 nitrogen and oxygen atoms in total. The van der Waals surface area contributed by atoms with Gasteiger partial charge < -0.3 is 10.2 Å². The third-order valence-electron chi connectivity index (χ3n) is 2.96. The van der Waals surface area contributed by atoms with Crippen LogP contribution in [0.4, 0.5) is 0 Å². The van der Waals surface area contributed by atoms with Gasteiger partial charge in [-0.2, -0.15) is 0 Å². The van der Waals surface area contributed by atoms with Crippen molar-refractivity contribution in [1.82, 2.24) is 4.90 Å². The molecule has 0 aromatic heterocycles.